The van der Waals surface area contributed by atoms with Crippen LogP contribution in [-0.4, -0.2) is 36.6 Å². The maximum absolute atomic E-state index is 10.3. The van der Waals surface area contributed by atoms with E-state index in [2.05, 4.69) is 39.7 Å². The number of rotatable bonds is 6. The minimum atomic E-state index is -0.286. The highest BCUT2D eigenvalue weighted by Crippen LogP contribution is 2.27. The molecule has 1 unspecified atom stereocenters. The molecule has 1 aliphatic rings. The van der Waals surface area contributed by atoms with Crippen LogP contribution in [0.1, 0.15) is 18.4 Å². The SMILES string of the molecule is O[C@@H]1CC(Cn2cccn2)C[C@H]1NCc1ccc(-n2ccnc2)cc1. The van der Waals surface area contributed by atoms with Crippen LogP contribution in [-0.2, 0) is 13.1 Å². The second-order valence-corrected chi connectivity index (χ2v) is 6.76. The van der Waals surface area contributed by atoms with Gasteiger partial charge in [-0.25, -0.2) is 4.98 Å². The van der Waals surface area contributed by atoms with Gasteiger partial charge in [0.05, 0.1) is 12.4 Å². The van der Waals surface area contributed by atoms with Crippen molar-refractivity contribution in [3.8, 4) is 5.69 Å². The van der Waals surface area contributed by atoms with E-state index in [1.54, 1.807) is 18.7 Å². The van der Waals surface area contributed by atoms with Gasteiger partial charge in [-0.1, -0.05) is 12.1 Å². The molecule has 2 N–H and O–H groups in total. The van der Waals surface area contributed by atoms with Crippen molar-refractivity contribution in [1.29, 1.82) is 0 Å². The predicted molar refractivity (Wildman–Crippen MR) is 95.1 cm³/mol. The van der Waals surface area contributed by atoms with Crippen molar-refractivity contribution in [2.45, 2.75) is 38.1 Å². The highest BCUT2D eigenvalue weighted by atomic mass is 16.3. The normalized spacial score (nSPS) is 23.2. The van der Waals surface area contributed by atoms with Crippen molar-refractivity contribution >= 4 is 0 Å². The van der Waals surface area contributed by atoms with Crippen molar-refractivity contribution in [2.75, 3.05) is 0 Å². The van der Waals surface area contributed by atoms with Crippen molar-refractivity contribution < 1.29 is 5.11 Å². The molecule has 1 aliphatic carbocycles. The first-order chi connectivity index (χ1) is 12.3. The second kappa shape index (κ2) is 7.21. The average Bonchev–Trinajstić information content (AvgIpc) is 3.37. The lowest BCUT2D eigenvalue weighted by molar-refractivity contribution is 0.145. The Morgan fingerprint density at radius 3 is 2.72 bits per heavy atom. The molecular formula is C19H23N5O. The van der Waals surface area contributed by atoms with Gasteiger partial charge >= 0.3 is 0 Å². The zero-order valence-corrected chi connectivity index (χ0v) is 14.1. The highest BCUT2D eigenvalue weighted by Gasteiger charge is 2.32. The maximum atomic E-state index is 10.3. The summed E-state index contributed by atoms with van der Waals surface area (Å²) in [4.78, 5) is 4.07. The molecule has 0 amide bonds. The van der Waals surface area contributed by atoms with Gasteiger partial charge in [-0.15, -0.1) is 0 Å². The summed E-state index contributed by atoms with van der Waals surface area (Å²) in [6.07, 6.45) is 10.8. The molecule has 1 aromatic carbocycles. The van der Waals surface area contributed by atoms with Gasteiger partial charge < -0.3 is 15.0 Å². The molecule has 2 heterocycles. The number of nitrogens with one attached hydrogen (secondary N) is 1. The second-order valence-electron chi connectivity index (χ2n) is 6.76. The van der Waals surface area contributed by atoms with Crippen molar-refractivity contribution in [1.82, 2.24) is 24.6 Å². The molecule has 0 saturated heterocycles. The van der Waals surface area contributed by atoms with Crippen LogP contribution in [0.3, 0.4) is 0 Å². The van der Waals surface area contributed by atoms with E-state index in [9.17, 15) is 5.11 Å². The molecule has 4 rings (SSSR count). The van der Waals surface area contributed by atoms with E-state index in [1.165, 1.54) is 5.56 Å². The van der Waals surface area contributed by atoms with Gasteiger partial charge in [0.25, 0.3) is 0 Å². The fraction of sp³-hybridized carbons (Fsp3) is 0.368. The molecule has 3 atom stereocenters. The number of nitrogens with zero attached hydrogens (tertiary/aromatic N) is 4. The zero-order valence-electron chi connectivity index (χ0n) is 14.1. The number of aliphatic hydroxyl groups is 1. The number of imidazole rings is 1. The topological polar surface area (TPSA) is 67.9 Å². The smallest absolute Gasteiger partial charge is 0.0991 e. The Hall–Kier alpha value is -2.44. The number of hydrogen-bond donors (Lipinski definition) is 2. The van der Waals surface area contributed by atoms with Crippen LogP contribution in [0.15, 0.2) is 61.4 Å². The summed E-state index contributed by atoms with van der Waals surface area (Å²) in [6, 6.07) is 10.5. The molecule has 1 fully saturated rings. The Bertz CT molecular complexity index is 767. The summed E-state index contributed by atoms with van der Waals surface area (Å²) in [5, 5.41) is 18.1. The lowest BCUT2D eigenvalue weighted by Crippen LogP contribution is -2.35. The first-order valence-electron chi connectivity index (χ1n) is 8.74. The van der Waals surface area contributed by atoms with Gasteiger partial charge in [0.2, 0.25) is 0 Å². The lowest BCUT2D eigenvalue weighted by Gasteiger charge is -2.16. The van der Waals surface area contributed by atoms with Gasteiger partial charge in [-0.05, 0) is 42.5 Å². The standard InChI is InChI=1S/C19H23N5O/c25-19-11-16(13-24-8-1-6-22-24)10-18(19)21-12-15-2-4-17(5-3-15)23-9-7-20-14-23/h1-9,14,16,18-19,21,25H,10-13H2/t16?,18-,19-/m1/s1. The molecular weight excluding hydrogens is 314 g/mol. The van der Waals surface area contributed by atoms with E-state index in [0.717, 1.165) is 31.6 Å². The van der Waals surface area contributed by atoms with Crippen LogP contribution in [0, 0.1) is 5.92 Å². The van der Waals surface area contributed by atoms with Gasteiger partial charge in [0.1, 0.15) is 0 Å². The molecule has 6 heteroatoms. The largest absolute Gasteiger partial charge is 0.391 e. The van der Waals surface area contributed by atoms with Crippen molar-refractivity contribution in [2.24, 2.45) is 5.92 Å². The van der Waals surface area contributed by atoms with E-state index >= 15 is 0 Å². The molecule has 130 valence electrons. The molecule has 1 saturated carbocycles. The van der Waals surface area contributed by atoms with Gasteiger partial charge in [0.15, 0.2) is 0 Å². The Kier molecular flexibility index (Phi) is 4.63. The number of aromatic nitrogens is 4. The Labute approximate surface area is 147 Å². The molecule has 0 spiro atoms. The third-order valence-corrected chi connectivity index (χ3v) is 4.94. The third kappa shape index (κ3) is 3.81. The lowest BCUT2D eigenvalue weighted by atomic mass is 10.1. The van der Waals surface area contributed by atoms with E-state index in [-0.39, 0.29) is 12.1 Å². The molecule has 3 aromatic rings. The Balaban J connectivity index is 1.30. The quantitative estimate of drug-likeness (QED) is 0.722. The van der Waals surface area contributed by atoms with Gasteiger partial charge in [-0.2, -0.15) is 5.10 Å². The summed E-state index contributed by atoms with van der Waals surface area (Å²) in [5.41, 5.74) is 2.31. The Morgan fingerprint density at radius 1 is 1.12 bits per heavy atom. The maximum Gasteiger partial charge on any atom is 0.0991 e. The number of aliphatic hydroxyl groups excluding tert-OH is 1. The molecule has 0 radical (unpaired) electrons. The van der Waals surface area contributed by atoms with Crippen LogP contribution in [0.25, 0.3) is 5.69 Å². The van der Waals surface area contributed by atoms with Crippen LogP contribution in [0.4, 0.5) is 0 Å². The number of hydrogen-bond acceptors (Lipinski definition) is 4. The summed E-state index contributed by atoms with van der Waals surface area (Å²) in [7, 11) is 0. The van der Waals surface area contributed by atoms with Crippen LogP contribution >= 0.6 is 0 Å². The fourth-order valence-corrected chi connectivity index (χ4v) is 3.61. The van der Waals surface area contributed by atoms with Gasteiger partial charge in [-0.3, -0.25) is 4.68 Å². The van der Waals surface area contributed by atoms with Crippen molar-refractivity contribution in [3.05, 3.63) is 67.0 Å². The molecule has 2 aromatic heterocycles. The van der Waals surface area contributed by atoms with E-state index in [4.69, 9.17) is 0 Å². The fourth-order valence-electron chi connectivity index (χ4n) is 3.61. The van der Waals surface area contributed by atoms with Crippen molar-refractivity contribution in [3.63, 3.8) is 0 Å². The molecule has 6 nitrogen and oxygen atoms in total. The zero-order chi connectivity index (χ0) is 17.1. The van der Waals surface area contributed by atoms with Crippen LogP contribution in [0.5, 0.6) is 0 Å². The van der Waals surface area contributed by atoms with Crippen LogP contribution < -0.4 is 5.32 Å². The Morgan fingerprint density at radius 2 is 2.00 bits per heavy atom. The first-order valence-corrected chi connectivity index (χ1v) is 8.74. The summed E-state index contributed by atoms with van der Waals surface area (Å²) in [6.45, 7) is 1.64. The molecule has 0 bridgehead atoms. The average molecular weight is 337 g/mol. The molecule has 25 heavy (non-hydrogen) atoms. The first kappa shape index (κ1) is 16.1. The van der Waals surface area contributed by atoms with Crippen LogP contribution in [0.2, 0.25) is 0 Å². The number of benzene rings is 1. The highest BCUT2D eigenvalue weighted by molar-refractivity contribution is 5.34. The molecule has 0 aliphatic heterocycles. The predicted octanol–water partition coefficient (Wildman–Crippen LogP) is 2.00. The summed E-state index contributed by atoms with van der Waals surface area (Å²) < 4.78 is 3.94. The monoisotopic (exact) mass is 337 g/mol. The van der Waals surface area contributed by atoms with E-state index in [0.29, 0.717) is 5.92 Å². The van der Waals surface area contributed by atoms with E-state index in [1.807, 2.05) is 27.7 Å². The third-order valence-electron chi connectivity index (χ3n) is 4.94. The minimum Gasteiger partial charge on any atom is -0.391 e. The van der Waals surface area contributed by atoms with Gasteiger partial charge in [0, 0.05) is 49.6 Å². The minimum absolute atomic E-state index is 0.147. The summed E-state index contributed by atoms with van der Waals surface area (Å²) in [5.74, 6) is 0.469. The summed E-state index contributed by atoms with van der Waals surface area (Å²) >= 11 is 0. The van der Waals surface area contributed by atoms with E-state index < -0.39 is 0 Å².